The van der Waals surface area contributed by atoms with Gasteiger partial charge in [0.15, 0.2) is 0 Å². The lowest BCUT2D eigenvalue weighted by Crippen LogP contribution is -2.31. The van der Waals surface area contributed by atoms with E-state index < -0.39 is 35.2 Å². The Morgan fingerprint density at radius 1 is 0.973 bits per heavy atom. The Labute approximate surface area is 222 Å². The number of methoxy groups -OCH3 is 1. The van der Waals surface area contributed by atoms with Crippen molar-refractivity contribution in [1.29, 1.82) is 0 Å². The fourth-order valence-corrected chi connectivity index (χ4v) is 4.24. The SMILES string of the molecule is CCN(Cc1ccccc1-c1cc(Cl)c(C(F)(F)F)c(CC(=O)OC)c1)C(=O)OCc1ccc(Cl)cc1. The van der Waals surface area contributed by atoms with Gasteiger partial charge in [-0.05, 0) is 59.0 Å². The third-order valence-electron chi connectivity index (χ3n) is 5.62. The Hall–Kier alpha value is -3.23. The van der Waals surface area contributed by atoms with Gasteiger partial charge in [0.1, 0.15) is 6.61 Å². The Balaban J connectivity index is 1.90. The van der Waals surface area contributed by atoms with Crippen LogP contribution in [0.15, 0.2) is 60.7 Å². The lowest BCUT2D eigenvalue weighted by Gasteiger charge is -2.23. The Bertz CT molecular complexity index is 1260. The topological polar surface area (TPSA) is 55.8 Å². The van der Waals surface area contributed by atoms with Crippen LogP contribution in [0.4, 0.5) is 18.0 Å². The first-order valence-corrected chi connectivity index (χ1v) is 12.0. The molecule has 3 aromatic carbocycles. The first-order chi connectivity index (χ1) is 17.5. The normalized spacial score (nSPS) is 11.2. The molecular weight excluding hydrogens is 530 g/mol. The molecule has 0 aliphatic rings. The lowest BCUT2D eigenvalue weighted by atomic mass is 9.94. The van der Waals surface area contributed by atoms with E-state index in [0.29, 0.717) is 28.3 Å². The number of carbonyl (C=O) groups excluding carboxylic acids is 2. The van der Waals surface area contributed by atoms with E-state index >= 15 is 0 Å². The van der Waals surface area contributed by atoms with Crippen LogP contribution in [0.2, 0.25) is 10.0 Å². The standard InChI is InChI=1S/C27H24Cl2F3NO4/c1-3-33(26(35)37-16-17-8-10-21(28)11-9-17)15-18-6-4-5-7-22(18)19-12-20(14-24(34)36-2)25(23(29)13-19)27(30,31)32/h4-13H,3,14-16H2,1-2H3. The zero-order valence-electron chi connectivity index (χ0n) is 20.1. The lowest BCUT2D eigenvalue weighted by molar-refractivity contribution is -0.141. The van der Waals surface area contributed by atoms with Crippen molar-refractivity contribution in [2.75, 3.05) is 13.7 Å². The van der Waals surface area contributed by atoms with Crippen LogP contribution in [0.1, 0.15) is 29.2 Å². The molecule has 0 N–H and O–H groups in total. The van der Waals surface area contributed by atoms with E-state index in [1.807, 2.05) is 0 Å². The van der Waals surface area contributed by atoms with E-state index in [-0.39, 0.29) is 18.7 Å². The molecule has 37 heavy (non-hydrogen) atoms. The van der Waals surface area contributed by atoms with Crippen molar-refractivity contribution in [3.8, 4) is 11.1 Å². The van der Waals surface area contributed by atoms with Gasteiger partial charge in [0.2, 0.25) is 0 Å². The number of hydrogen-bond donors (Lipinski definition) is 0. The molecule has 0 spiro atoms. The molecule has 0 unspecified atom stereocenters. The van der Waals surface area contributed by atoms with Crippen molar-refractivity contribution in [3.05, 3.63) is 93.0 Å². The first-order valence-electron chi connectivity index (χ1n) is 11.2. The number of halogens is 5. The van der Waals surface area contributed by atoms with Crippen molar-refractivity contribution in [2.24, 2.45) is 0 Å². The third kappa shape index (κ3) is 7.40. The van der Waals surface area contributed by atoms with Crippen LogP contribution in [0.3, 0.4) is 0 Å². The number of hydrogen-bond acceptors (Lipinski definition) is 4. The number of benzene rings is 3. The van der Waals surface area contributed by atoms with Crippen LogP contribution in [-0.4, -0.2) is 30.6 Å². The molecule has 0 bridgehead atoms. The maximum Gasteiger partial charge on any atom is 0.418 e. The minimum Gasteiger partial charge on any atom is -0.469 e. The molecule has 0 atom stereocenters. The molecule has 0 saturated heterocycles. The molecule has 0 aromatic heterocycles. The van der Waals surface area contributed by atoms with Gasteiger partial charge < -0.3 is 14.4 Å². The summed E-state index contributed by atoms with van der Waals surface area (Å²) >= 11 is 12.0. The quantitative estimate of drug-likeness (QED) is 0.270. The van der Waals surface area contributed by atoms with Gasteiger partial charge in [-0.2, -0.15) is 13.2 Å². The van der Waals surface area contributed by atoms with Crippen LogP contribution in [0.5, 0.6) is 0 Å². The maximum absolute atomic E-state index is 13.7. The number of esters is 1. The molecule has 0 heterocycles. The van der Waals surface area contributed by atoms with Crippen LogP contribution in [-0.2, 0) is 40.0 Å². The van der Waals surface area contributed by atoms with Gasteiger partial charge in [-0.3, -0.25) is 4.79 Å². The van der Waals surface area contributed by atoms with Crippen molar-refractivity contribution < 1.29 is 32.2 Å². The number of nitrogens with zero attached hydrogens (tertiary/aromatic N) is 1. The molecule has 5 nitrogen and oxygen atoms in total. The highest BCUT2D eigenvalue weighted by molar-refractivity contribution is 6.32. The number of amides is 1. The summed E-state index contributed by atoms with van der Waals surface area (Å²) in [6.07, 6.45) is -5.91. The highest BCUT2D eigenvalue weighted by atomic mass is 35.5. The van der Waals surface area contributed by atoms with Crippen LogP contribution < -0.4 is 0 Å². The molecule has 3 aromatic rings. The molecule has 0 saturated carbocycles. The third-order valence-corrected chi connectivity index (χ3v) is 6.17. The summed E-state index contributed by atoms with van der Waals surface area (Å²) in [6.45, 7) is 2.31. The summed E-state index contributed by atoms with van der Waals surface area (Å²) in [5.41, 5.74) is 0.985. The average molecular weight is 554 g/mol. The smallest absolute Gasteiger partial charge is 0.418 e. The highest BCUT2D eigenvalue weighted by Gasteiger charge is 2.37. The molecule has 10 heteroatoms. The summed E-state index contributed by atoms with van der Waals surface area (Å²) in [6, 6.07) is 16.3. The summed E-state index contributed by atoms with van der Waals surface area (Å²) in [7, 11) is 1.10. The van der Waals surface area contributed by atoms with Gasteiger partial charge in [-0.15, -0.1) is 0 Å². The minimum atomic E-state index is -4.76. The molecule has 1 amide bonds. The molecule has 0 radical (unpaired) electrons. The van der Waals surface area contributed by atoms with Crippen LogP contribution in [0.25, 0.3) is 11.1 Å². The second-order valence-electron chi connectivity index (χ2n) is 8.10. The zero-order valence-corrected chi connectivity index (χ0v) is 21.6. The predicted octanol–water partition coefficient (Wildman–Crippen LogP) is 7.55. The van der Waals surface area contributed by atoms with Crippen LogP contribution >= 0.6 is 23.2 Å². The Kier molecular flexibility index (Phi) is 9.45. The number of alkyl halides is 3. The van der Waals surface area contributed by atoms with Gasteiger partial charge in [-0.25, -0.2) is 4.79 Å². The minimum absolute atomic E-state index is 0.0551. The predicted molar refractivity (Wildman–Crippen MR) is 135 cm³/mol. The maximum atomic E-state index is 13.7. The number of ether oxygens (including phenoxy) is 2. The average Bonchev–Trinajstić information content (AvgIpc) is 2.85. The molecule has 0 fully saturated rings. The van der Waals surface area contributed by atoms with E-state index in [9.17, 15) is 22.8 Å². The van der Waals surface area contributed by atoms with Crippen LogP contribution in [0, 0.1) is 0 Å². The van der Waals surface area contributed by atoms with E-state index in [4.69, 9.17) is 27.9 Å². The van der Waals surface area contributed by atoms with Crippen molar-refractivity contribution in [3.63, 3.8) is 0 Å². The van der Waals surface area contributed by atoms with Gasteiger partial charge in [-0.1, -0.05) is 59.6 Å². The molecule has 0 aliphatic carbocycles. The van der Waals surface area contributed by atoms with Gasteiger partial charge >= 0.3 is 18.2 Å². The molecular formula is C27H24Cl2F3NO4. The van der Waals surface area contributed by atoms with Gasteiger partial charge in [0.25, 0.3) is 0 Å². The van der Waals surface area contributed by atoms with E-state index in [1.165, 1.54) is 17.0 Å². The fraction of sp³-hybridized carbons (Fsp3) is 0.259. The molecule has 0 aliphatic heterocycles. The zero-order chi connectivity index (χ0) is 27.2. The fourth-order valence-electron chi connectivity index (χ4n) is 3.77. The second-order valence-corrected chi connectivity index (χ2v) is 8.94. The summed E-state index contributed by atoms with van der Waals surface area (Å²) in [4.78, 5) is 26.1. The summed E-state index contributed by atoms with van der Waals surface area (Å²) in [5.74, 6) is -0.826. The molecule has 196 valence electrons. The largest absolute Gasteiger partial charge is 0.469 e. The van der Waals surface area contributed by atoms with Crippen molar-refractivity contribution >= 4 is 35.3 Å². The summed E-state index contributed by atoms with van der Waals surface area (Å²) < 4.78 is 51.1. The number of rotatable bonds is 8. The van der Waals surface area contributed by atoms with Gasteiger partial charge in [0, 0.05) is 18.1 Å². The second kappa shape index (κ2) is 12.3. The highest BCUT2D eigenvalue weighted by Crippen LogP contribution is 2.40. The summed E-state index contributed by atoms with van der Waals surface area (Å²) in [5, 5.41) is 0.0356. The monoisotopic (exact) mass is 553 g/mol. The Morgan fingerprint density at radius 3 is 2.27 bits per heavy atom. The van der Waals surface area contributed by atoms with E-state index in [2.05, 4.69) is 4.74 Å². The first kappa shape index (κ1) is 28.3. The Morgan fingerprint density at radius 2 is 1.65 bits per heavy atom. The van der Waals surface area contributed by atoms with E-state index in [0.717, 1.165) is 12.7 Å². The number of carbonyl (C=O) groups is 2. The molecule has 3 rings (SSSR count). The van der Waals surface area contributed by atoms with Crippen molar-refractivity contribution in [1.82, 2.24) is 4.90 Å². The van der Waals surface area contributed by atoms with Crippen molar-refractivity contribution in [2.45, 2.75) is 32.7 Å². The van der Waals surface area contributed by atoms with Gasteiger partial charge in [0.05, 0.1) is 24.1 Å². The van der Waals surface area contributed by atoms with E-state index in [1.54, 1.807) is 55.5 Å².